The minimum Gasteiger partial charge on any atom is -0.368 e. The van der Waals surface area contributed by atoms with E-state index in [4.69, 9.17) is 0 Å². The molecule has 0 radical (unpaired) electrons. The molecule has 3 aromatic rings. The van der Waals surface area contributed by atoms with Crippen LogP contribution in [-0.2, 0) is 13.0 Å². The Bertz CT molecular complexity index is 1230. The molecule has 0 unspecified atom stereocenters. The highest BCUT2D eigenvalue weighted by atomic mass is 15.4. The zero-order valence-electron chi connectivity index (χ0n) is 19.2. The minimum atomic E-state index is 0.474. The summed E-state index contributed by atoms with van der Waals surface area (Å²) in [7, 11) is 0. The third kappa shape index (κ3) is 3.52. The molecule has 3 aliphatic rings. The van der Waals surface area contributed by atoms with Crippen molar-refractivity contribution in [2.45, 2.75) is 32.0 Å². The van der Waals surface area contributed by atoms with Gasteiger partial charge in [-0.2, -0.15) is 5.26 Å². The van der Waals surface area contributed by atoms with E-state index in [1.54, 1.807) is 6.20 Å². The van der Waals surface area contributed by atoms with Gasteiger partial charge in [0, 0.05) is 74.3 Å². The van der Waals surface area contributed by atoms with Crippen LogP contribution < -0.4 is 15.1 Å². The van der Waals surface area contributed by atoms with Crippen LogP contribution in [0.4, 0.5) is 11.4 Å². The number of hydrogen-bond acceptors (Lipinski definition) is 6. The molecule has 2 fully saturated rings. The Kier molecular flexibility index (Phi) is 5.17. The summed E-state index contributed by atoms with van der Waals surface area (Å²) in [5, 5.41) is 14.1. The first-order valence-electron chi connectivity index (χ1n) is 12.1. The molecule has 2 aromatic carbocycles. The van der Waals surface area contributed by atoms with Crippen LogP contribution in [0.1, 0.15) is 23.6 Å². The van der Waals surface area contributed by atoms with Gasteiger partial charge in [0.25, 0.3) is 0 Å². The highest BCUT2D eigenvalue weighted by molar-refractivity contribution is 5.95. The zero-order valence-corrected chi connectivity index (χ0v) is 19.2. The van der Waals surface area contributed by atoms with E-state index in [1.807, 2.05) is 12.1 Å². The molecule has 1 aromatic heterocycles. The number of hydrogen-bond donors (Lipinski definition) is 1. The maximum atomic E-state index is 9.54. The SMILES string of the molecule is C[C@@H]1CN(c2ccc(C#N)c3ncccc23)C[C@H]2CN(c3cccc4c3CCNC4)CCN21. The van der Waals surface area contributed by atoms with Crippen LogP contribution in [0.3, 0.4) is 0 Å². The largest absolute Gasteiger partial charge is 0.368 e. The standard InChI is InChI=1S/C27H30N6/c1-19-16-32(26-8-7-20(14-28)27-24(26)5-3-10-30-27)18-22-17-31(12-13-33(19)22)25-6-2-4-21-15-29-11-9-23(21)25/h2-8,10,19,22,29H,9,11-13,15-18H2,1H3/t19-,22-/m1/s1. The highest BCUT2D eigenvalue weighted by Gasteiger charge is 2.37. The van der Waals surface area contributed by atoms with Gasteiger partial charge in [-0.3, -0.25) is 9.88 Å². The lowest BCUT2D eigenvalue weighted by Crippen LogP contribution is -2.65. The number of nitrogens with one attached hydrogen (secondary N) is 1. The third-order valence-electron chi connectivity index (χ3n) is 7.67. The molecule has 168 valence electrons. The lowest BCUT2D eigenvalue weighted by Gasteiger charge is -2.52. The maximum absolute atomic E-state index is 9.54. The molecular weight excluding hydrogens is 408 g/mol. The van der Waals surface area contributed by atoms with Crippen molar-refractivity contribution in [1.82, 2.24) is 15.2 Å². The van der Waals surface area contributed by atoms with Gasteiger partial charge in [0.1, 0.15) is 6.07 Å². The second-order valence-electron chi connectivity index (χ2n) is 9.58. The van der Waals surface area contributed by atoms with Crippen LogP contribution in [0.5, 0.6) is 0 Å². The number of anilines is 2. The van der Waals surface area contributed by atoms with Gasteiger partial charge in [-0.25, -0.2) is 0 Å². The average molecular weight is 439 g/mol. The summed E-state index contributed by atoms with van der Waals surface area (Å²) in [6.07, 6.45) is 2.89. The van der Waals surface area contributed by atoms with Crippen molar-refractivity contribution in [2.24, 2.45) is 0 Å². The number of nitrogens with zero attached hydrogens (tertiary/aromatic N) is 5. The summed E-state index contributed by atoms with van der Waals surface area (Å²) >= 11 is 0. The molecule has 0 aliphatic carbocycles. The van der Waals surface area contributed by atoms with E-state index in [1.165, 1.54) is 22.5 Å². The van der Waals surface area contributed by atoms with Crippen molar-refractivity contribution in [3.8, 4) is 6.07 Å². The molecule has 0 saturated carbocycles. The fraction of sp³-hybridized carbons (Fsp3) is 0.407. The van der Waals surface area contributed by atoms with Gasteiger partial charge in [-0.05, 0) is 61.3 Å². The summed E-state index contributed by atoms with van der Waals surface area (Å²) < 4.78 is 0. The molecule has 0 spiro atoms. The van der Waals surface area contributed by atoms with E-state index < -0.39 is 0 Å². The molecule has 0 bridgehead atoms. The minimum absolute atomic E-state index is 0.474. The van der Waals surface area contributed by atoms with E-state index in [-0.39, 0.29) is 0 Å². The van der Waals surface area contributed by atoms with Crippen molar-refractivity contribution in [3.63, 3.8) is 0 Å². The highest BCUT2D eigenvalue weighted by Crippen LogP contribution is 2.34. The molecule has 6 heteroatoms. The normalized spacial score (nSPS) is 23.2. The molecule has 3 aliphatic heterocycles. The Labute approximate surface area is 195 Å². The van der Waals surface area contributed by atoms with Crippen molar-refractivity contribution in [2.75, 3.05) is 49.1 Å². The number of rotatable bonds is 2. The van der Waals surface area contributed by atoms with E-state index in [2.05, 4.69) is 68.3 Å². The molecule has 4 heterocycles. The number of aromatic nitrogens is 1. The van der Waals surface area contributed by atoms with Crippen LogP contribution in [0.25, 0.3) is 10.9 Å². The van der Waals surface area contributed by atoms with Gasteiger partial charge < -0.3 is 15.1 Å². The van der Waals surface area contributed by atoms with Crippen molar-refractivity contribution in [3.05, 3.63) is 65.4 Å². The maximum Gasteiger partial charge on any atom is 0.101 e. The molecule has 33 heavy (non-hydrogen) atoms. The molecule has 1 N–H and O–H groups in total. The molecule has 2 atom stereocenters. The van der Waals surface area contributed by atoms with Gasteiger partial charge in [0.05, 0.1) is 11.1 Å². The van der Waals surface area contributed by atoms with Gasteiger partial charge in [-0.1, -0.05) is 12.1 Å². The number of benzene rings is 2. The van der Waals surface area contributed by atoms with Gasteiger partial charge in [0.15, 0.2) is 0 Å². The lowest BCUT2D eigenvalue weighted by molar-refractivity contribution is 0.108. The molecule has 6 nitrogen and oxygen atoms in total. The van der Waals surface area contributed by atoms with Crippen molar-refractivity contribution in [1.29, 1.82) is 5.26 Å². The topological polar surface area (TPSA) is 58.4 Å². The Morgan fingerprint density at radius 3 is 2.82 bits per heavy atom. The Balaban J connectivity index is 1.30. The smallest absolute Gasteiger partial charge is 0.101 e. The molecule has 6 rings (SSSR count). The van der Waals surface area contributed by atoms with Crippen LogP contribution >= 0.6 is 0 Å². The summed E-state index contributed by atoms with van der Waals surface area (Å²) in [6.45, 7) is 9.65. The molecular formula is C27H30N6. The fourth-order valence-electron chi connectivity index (χ4n) is 6.11. The van der Waals surface area contributed by atoms with E-state index in [9.17, 15) is 5.26 Å². The Morgan fingerprint density at radius 2 is 1.91 bits per heavy atom. The summed E-state index contributed by atoms with van der Waals surface area (Å²) in [5.74, 6) is 0. The van der Waals surface area contributed by atoms with E-state index in [0.29, 0.717) is 17.6 Å². The fourth-order valence-corrected chi connectivity index (χ4v) is 6.11. The number of piperazine rings is 2. The predicted molar refractivity (Wildman–Crippen MR) is 133 cm³/mol. The van der Waals surface area contributed by atoms with E-state index in [0.717, 1.165) is 63.1 Å². The number of nitriles is 1. The third-order valence-corrected chi connectivity index (χ3v) is 7.67. The predicted octanol–water partition coefficient (Wildman–Crippen LogP) is 3.15. The van der Waals surface area contributed by atoms with Crippen LogP contribution in [-0.4, -0.2) is 61.2 Å². The van der Waals surface area contributed by atoms with Crippen LogP contribution in [0.2, 0.25) is 0 Å². The Hall–Kier alpha value is -3.14. The van der Waals surface area contributed by atoms with Crippen molar-refractivity contribution >= 4 is 22.3 Å². The van der Waals surface area contributed by atoms with Crippen molar-refractivity contribution < 1.29 is 0 Å². The monoisotopic (exact) mass is 438 g/mol. The average Bonchev–Trinajstić information content (AvgIpc) is 2.87. The molecule has 0 amide bonds. The summed E-state index contributed by atoms with van der Waals surface area (Å²) in [4.78, 5) is 12.4. The first kappa shape index (κ1) is 20.5. The quantitative estimate of drug-likeness (QED) is 0.663. The Morgan fingerprint density at radius 1 is 1.00 bits per heavy atom. The molecule has 2 saturated heterocycles. The zero-order chi connectivity index (χ0) is 22.4. The lowest BCUT2D eigenvalue weighted by atomic mass is 9.96. The van der Waals surface area contributed by atoms with Gasteiger partial charge >= 0.3 is 0 Å². The van der Waals surface area contributed by atoms with Crippen LogP contribution in [0, 0.1) is 11.3 Å². The summed E-state index contributed by atoms with van der Waals surface area (Å²) in [6, 6.07) is 18.2. The second kappa shape index (κ2) is 8.33. The summed E-state index contributed by atoms with van der Waals surface area (Å²) in [5.41, 5.74) is 7.08. The first-order chi connectivity index (χ1) is 16.2. The number of pyridine rings is 1. The van der Waals surface area contributed by atoms with E-state index >= 15 is 0 Å². The van der Waals surface area contributed by atoms with Gasteiger partial charge in [-0.15, -0.1) is 0 Å². The van der Waals surface area contributed by atoms with Crippen LogP contribution in [0.15, 0.2) is 48.7 Å². The second-order valence-corrected chi connectivity index (χ2v) is 9.58. The number of fused-ring (bicyclic) bond motifs is 3. The van der Waals surface area contributed by atoms with Gasteiger partial charge in [0.2, 0.25) is 0 Å². The first-order valence-corrected chi connectivity index (χ1v) is 12.1.